The van der Waals surface area contributed by atoms with Crippen LogP contribution in [0.5, 0.6) is 0 Å². The molecule has 1 saturated heterocycles. The Bertz CT molecular complexity index is 313. The Hall–Kier alpha value is -0.710. The number of rotatable bonds is 3. The molecule has 0 spiro atoms. The number of carboxylic acids is 1. The van der Waals surface area contributed by atoms with Gasteiger partial charge in [0.1, 0.15) is 0 Å². The van der Waals surface area contributed by atoms with Crippen LogP contribution in [0.15, 0.2) is 0 Å². The molecule has 0 aromatic heterocycles. The fourth-order valence-electron chi connectivity index (χ4n) is 3.19. The SMILES string of the molecule is O=C(O)C1(CC2CCCCC2)COCCC1(F)F. The molecule has 0 aromatic carbocycles. The molecule has 2 fully saturated rings. The van der Waals surface area contributed by atoms with Gasteiger partial charge in [-0.1, -0.05) is 32.1 Å². The zero-order valence-corrected chi connectivity index (χ0v) is 10.5. The summed E-state index contributed by atoms with van der Waals surface area (Å²) in [4.78, 5) is 11.4. The molecule has 0 bridgehead atoms. The van der Waals surface area contributed by atoms with Gasteiger partial charge in [-0.15, -0.1) is 0 Å². The van der Waals surface area contributed by atoms with Gasteiger partial charge in [-0.05, 0) is 12.3 Å². The molecule has 3 nitrogen and oxygen atoms in total. The van der Waals surface area contributed by atoms with E-state index < -0.39 is 23.7 Å². The highest BCUT2D eigenvalue weighted by atomic mass is 19.3. The smallest absolute Gasteiger partial charge is 0.318 e. The summed E-state index contributed by atoms with van der Waals surface area (Å²) in [6, 6.07) is 0. The second-order valence-corrected chi connectivity index (χ2v) is 5.60. The summed E-state index contributed by atoms with van der Waals surface area (Å²) in [5.41, 5.74) is -2.01. The molecule has 5 heteroatoms. The fraction of sp³-hybridized carbons (Fsp3) is 0.923. The van der Waals surface area contributed by atoms with Gasteiger partial charge in [0.2, 0.25) is 0 Å². The second-order valence-electron chi connectivity index (χ2n) is 5.60. The Labute approximate surface area is 106 Å². The molecule has 1 aliphatic heterocycles. The lowest BCUT2D eigenvalue weighted by atomic mass is 9.69. The standard InChI is InChI=1S/C13H20F2O3/c14-13(15)6-7-18-9-12(13,11(16)17)8-10-4-2-1-3-5-10/h10H,1-9H2,(H,16,17). The van der Waals surface area contributed by atoms with Crippen molar-refractivity contribution < 1.29 is 23.4 Å². The molecule has 104 valence electrons. The maximum absolute atomic E-state index is 14.1. The summed E-state index contributed by atoms with van der Waals surface area (Å²) >= 11 is 0. The van der Waals surface area contributed by atoms with Gasteiger partial charge in [0.05, 0.1) is 13.2 Å². The molecule has 2 aliphatic rings. The highest BCUT2D eigenvalue weighted by molar-refractivity contribution is 5.76. The summed E-state index contributed by atoms with van der Waals surface area (Å²) < 4.78 is 33.2. The topological polar surface area (TPSA) is 46.5 Å². The highest BCUT2D eigenvalue weighted by Crippen LogP contribution is 2.49. The van der Waals surface area contributed by atoms with Crippen LogP contribution >= 0.6 is 0 Å². The van der Waals surface area contributed by atoms with Crippen LogP contribution in [0.2, 0.25) is 0 Å². The van der Waals surface area contributed by atoms with Crippen molar-refractivity contribution in [2.45, 2.75) is 50.9 Å². The minimum Gasteiger partial charge on any atom is -0.481 e. The van der Waals surface area contributed by atoms with E-state index in [1.165, 1.54) is 0 Å². The zero-order chi connectivity index (χ0) is 13.2. The van der Waals surface area contributed by atoms with Crippen molar-refractivity contribution >= 4 is 5.97 Å². The lowest BCUT2D eigenvalue weighted by Crippen LogP contribution is -2.55. The van der Waals surface area contributed by atoms with Crippen molar-refractivity contribution in [1.82, 2.24) is 0 Å². The van der Waals surface area contributed by atoms with Gasteiger partial charge in [0, 0.05) is 6.42 Å². The first-order valence-electron chi connectivity index (χ1n) is 6.67. The minimum atomic E-state index is -3.16. The van der Waals surface area contributed by atoms with E-state index in [4.69, 9.17) is 4.74 Å². The maximum Gasteiger partial charge on any atom is 0.318 e. The predicted molar refractivity (Wildman–Crippen MR) is 61.6 cm³/mol. The number of alkyl halides is 2. The first-order valence-corrected chi connectivity index (χ1v) is 6.67. The molecule has 1 unspecified atom stereocenters. The largest absolute Gasteiger partial charge is 0.481 e. The zero-order valence-electron chi connectivity index (χ0n) is 10.5. The van der Waals surface area contributed by atoms with Crippen LogP contribution in [0.25, 0.3) is 0 Å². The molecule has 1 saturated carbocycles. The third-order valence-corrected chi connectivity index (χ3v) is 4.38. The first-order chi connectivity index (χ1) is 8.48. The van der Waals surface area contributed by atoms with E-state index in [9.17, 15) is 18.7 Å². The van der Waals surface area contributed by atoms with Gasteiger partial charge in [0.25, 0.3) is 5.92 Å². The summed E-state index contributed by atoms with van der Waals surface area (Å²) in [5.74, 6) is -4.46. The van der Waals surface area contributed by atoms with Crippen LogP contribution in [0.1, 0.15) is 44.9 Å². The molecule has 1 N–H and O–H groups in total. The van der Waals surface area contributed by atoms with Crippen molar-refractivity contribution in [3.63, 3.8) is 0 Å². The molecule has 0 aromatic rings. The van der Waals surface area contributed by atoms with E-state index in [0.717, 1.165) is 32.1 Å². The number of hydrogen-bond acceptors (Lipinski definition) is 2. The normalized spacial score (nSPS) is 33.2. The molecule has 0 amide bonds. The van der Waals surface area contributed by atoms with Crippen LogP contribution < -0.4 is 0 Å². The number of halogens is 2. The minimum absolute atomic E-state index is 0.0489. The van der Waals surface area contributed by atoms with Gasteiger partial charge < -0.3 is 9.84 Å². The van der Waals surface area contributed by atoms with Crippen molar-refractivity contribution in [2.24, 2.45) is 11.3 Å². The van der Waals surface area contributed by atoms with Crippen LogP contribution in [0.3, 0.4) is 0 Å². The van der Waals surface area contributed by atoms with Crippen molar-refractivity contribution in [3.8, 4) is 0 Å². The van der Waals surface area contributed by atoms with Crippen LogP contribution in [-0.2, 0) is 9.53 Å². The summed E-state index contributed by atoms with van der Waals surface area (Å²) in [6.45, 7) is -0.404. The molecule has 1 heterocycles. The van der Waals surface area contributed by atoms with Gasteiger partial charge >= 0.3 is 5.97 Å². The first kappa shape index (κ1) is 13.7. The summed E-state index contributed by atoms with van der Waals surface area (Å²) in [5, 5.41) is 9.30. The molecule has 0 radical (unpaired) electrons. The monoisotopic (exact) mass is 262 g/mol. The lowest BCUT2D eigenvalue weighted by Gasteiger charge is -2.42. The molecule has 18 heavy (non-hydrogen) atoms. The van der Waals surface area contributed by atoms with Crippen molar-refractivity contribution in [3.05, 3.63) is 0 Å². The van der Waals surface area contributed by atoms with Gasteiger partial charge in [0.15, 0.2) is 5.41 Å². The Balaban J connectivity index is 2.17. The van der Waals surface area contributed by atoms with E-state index in [1.54, 1.807) is 0 Å². The van der Waals surface area contributed by atoms with Crippen LogP contribution in [-0.4, -0.2) is 30.2 Å². The molecular weight excluding hydrogens is 242 g/mol. The predicted octanol–water partition coefficient (Wildman–Crippen LogP) is 3.08. The quantitative estimate of drug-likeness (QED) is 0.850. The number of carboxylic acid groups (broad SMARTS) is 1. The van der Waals surface area contributed by atoms with Crippen molar-refractivity contribution in [1.29, 1.82) is 0 Å². The number of carbonyl (C=O) groups is 1. The van der Waals surface area contributed by atoms with E-state index in [0.29, 0.717) is 0 Å². The van der Waals surface area contributed by atoms with Gasteiger partial charge in [-0.3, -0.25) is 4.79 Å². The van der Waals surface area contributed by atoms with Gasteiger partial charge in [-0.25, -0.2) is 8.78 Å². The molecule has 2 rings (SSSR count). The average Bonchev–Trinajstić information content (AvgIpc) is 2.33. The summed E-state index contributed by atoms with van der Waals surface area (Å²) in [7, 11) is 0. The highest BCUT2D eigenvalue weighted by Gasteiger charge is 2.61. The van der Waals surface area contributed by atoms with Gasteiger partial charge in [-0.2, -0.15) is 0 Å². The van der Waals surface area contributed by atoms with Crippen LogP contribution in [0, 0.1) is 11.3 Å². The molecular formula is C13H20F2O3. The number of ether oxygens (including phenoxy) is 1. The Morgan fingerprint density at radius 2 is 1.94 bits per heavy atom. The molecule has 1 aliphatic carbocycles. The summed E-state index contributed by atoms with van der Waals surface area (Å²) in [6.07, 6.45) is 4.47. The number of aliphatic carboxylic acids is 1. The third kappa shape index (κ3) is 2.37. The Kier molecular flexibility index (Phi) is 3.90. The fourth-order valence-corrected chi connectivity index (χ4v) is 3.19. The van der Waals surface area contributed by atoms with Crippen molar-refractivity contribution in [2.75, 3.05) is 13.2 Å². The van der Waals surface area contributed by atoms with E-state index in [-0.39, 0.29) is 25.6 Å². The maximum atomic E-state index is 14.1. The van der Waals surface area contributed by atoms with Crippen LogP contribution in [0.4, 0.5) is 8.78 Å². The second kappa shape index (κ2) is 5.11. The average molecular weight is 262 g/mol. The van der Waals surface area contributed by atoms with E-state index >= 15 is 0 Å². The Morgan fingerprint density at radius 1 is 1.28 bits per heavy atom. The van der Waals surface area contributed by atoms with E-state index in [1.807, 2.05) is 0 Å². The Morgan fingerprint density at radius 3 is 2.50 bits per heavy atom. The third-order valence-electron chi connectivity index (χ3n) is 4.38. The number of hydrogen-bond donors (Lipinski definition) is 1. The molecule has 1 atom stereocenters. The lowest BCUT2D eigenvalue weighted by molar-refractivity contribution is -0.221. The van der Waals surface area contributed by atoms with E-state index in [2.05, 4.69) is 0 Å².